The minimum absolute atomic E-state index is 0.0448. The average molecular weight is 389 g/mol. The van der Waals surface area contributed by atoms with Crippen molar-refractivity contribution in [1.29, 1.82) is 0 Å². The lowest BCUT2D eigenvalue weighted by Crippen LogP contribution is -2.09. The van der Waals surface area contributed by atoms with E-state index in [-0.39, 0.29) is 23.0 Å². The molecule has 1 heterocycles. The molecule has 110 valence electrons. The third kappa shape index (κ3) is 3.51. The molecule has 0 saturated heterocycles. The fourth-order valence-corrected chi connectivity index (χ4v) is 3.48. The molecule has 0 aliphatic carbocycles. The smallest absolute Gasteiger partial charge is 0.358 e. The molecule has 0 N–H and O–H groups in total. The highest BCUT2D eigenvalue weighted by atomic mass is 79.9. The summed E-state index contributed by atoms with van der Waals surface area (Å²) in [7, 11) is 0. The molecule has 0 spiro atoms. The lowest BCUT2D eigenvalue weighted by molar-refractivity contribution is 0.0517. The molecule has 2 aromatic rings. The fraction of sp³-hybridized carbons (Fsp3) is 0.214. The number of nitrogens with zero attached hydrogens (tertiary/aromatic N) is 1. The van der Waals surface area contributed by atoms with Crippen molar-refractivity contribution in [1.82, 2.24) is 4.98 Å². The molecule has 0 unspecified atom stereocenters. The summed E-state index contributed by atoms with van der Waals surface area (Å²) in [5, 5.41) is 1.00. The molecule has 0 bridgehead atoms. The summed E-state index contributed by atoms with van der Waals surface area (Å²) in [5.41, 5.74) is 0.714. The van der Waals surface area contributed by atoms with Gasteiger partial charge in [-0.25, -0.2) is 9.78 Å². The zero-order valence-electron chi connectivity index (χ0n) is 11.3. The van der Waals surface area contributed by atoms with E-state index in [0.717, 1.165) is 15.8 Å². The van der Waals surface area contributed by atoms with Gasteiger partial charge in [-0.2, -0.15) is 0 Å². The molecule has 0 radical (unpaired) electrons. The van der Waals surface area contributed by atoms with Crippen LogP contribution in [0.4, 0.5) is 0 Å². The molecule has 0 amide bonds. The van der Waals surface area contributed by atoms with E-state index in [4.69, 9.17) is 16.3 Å². The number of halogens is 2. The molecule has 0 aliphatic heterocycles. The maximum absolute atomic E-state index is 11.9. The molecule has 0 fully saturated rings. The van der Waals surface area contributed by atoms with Gasteiger partial charge in [0.1, 0.15) is 9.88 Å². The topological polar surface area (TPSA) is 56.3 Å². The van der Waals surface area contributed by atoms with Crippen molar-refractivity contribution in [2.45, 2.75) is 13.8 Å². The van der Waals surface area contributed by atoms with E-state index in [1.54, 1.807) is 19.1 Å². The SMILES string of the molecule is CCOC(=O)c1nc(-c2ccc(Br)cc2Cl)sc1C(C)=O. The van der Waals surface area contributed by atoms with Gasteiger partial charge in [-0.1, -0.05) is 27.5 Å². The highest BCUT2D eigenvalue weighted by Gasteiger charge is 2.23. The standard InChI is InChI=1S/C14H11BrClNO3S/c1-3-20-14(19)11-12(7(2)18)21-13(17-11)9-5-4-8(15)6-10(9)16/h4-6H,3H2,1-2H3. The molecule has 0 saturated carbocycles. The molecule has 21 heavy (non-hydrogen) atoms. The lowest BCUT2D eigenvalue weighted by Gasteiger charge is -2.00. The Kier molecular flexibility index (Phi) is 5.13. The van der Waals surface area contributed by atoms with Crippen LogP contribution in [-0.2, 0) is 4.74 Å². The number of hydrogen-bond donors (Lipinski definition) is 0. The van der Waals surface area contributed by atoms with Crippen LogP contribution in [-0.4, -0.2) is 23.3 Å². The molecule has 0 aliphatic rings. The largest absolute Gasteiger partial charge is 0.461 e. The monoisotopic (exact) mass is 387 g/mol. The molecule has 1 aromatic heterocycles. The first-order chi connectivity index (χ1) is 9.93. The van der Waals surface area contributed by atoms with Gasteiger partial charge < -0.3 is 4.74 Å². The first-order valence-electron chi connectivity index (χ1n) is 6.08. The summed E-state index contributed by atoms with van der Waals surface area (Å²) in [4.78, 5) is 28.1. The summed E-state index contributed by atoms with van der Waals surface area (Å²) in [5.74, 6) is -0.825. The van der Waals surface area contributed by atoms with E-state index in [9.17, 15) is 9.59 Å². The quantitative estimate of drug-likeness (QED) is 0.567. The highest BCUT2D eigenvalue weighted by Crippen LogP contribution is 2.35. The molecule has 4 nitrogen and oxygen atoms in total. The number of esters is 1. The van der Waals surface area contributed by atoms with E-state index < -0.39 is 5.97 Å². The van der Waals surface area contributed by atoms with Crippen LogP contribution in [0.15, 0.2) is 22.7 Å². The number of benzene rings is 1. The zero-order valence-corrected chi connectivity index (χ0v) is 14.4. The van der Waals surface area contributed by atoms with Gasteiger partial charge in [0.2, 0.25) is 0 Å². The number of hydrogen-bond acceptors (Lipinski definition) is 5. The third-order valence-corrected chi connectivity index (χ3v) is 4.57. The van der Waals surface area contributed by atoms with Crippen molar-refractivity contribution in [2.24, 2.45) is 0 Å². The van der Waals surface area contributed by atoms with Gasteiger partial charge in [0.05, 0.1) is 11.6 Å². The van der Waals surface area contributed by atoms with E-state index in [0.29, 0.717) is 15.6 Å². The molecular formula is C14H11BrClNO3S. The number of ether oxygens (including phenoxy) is 1. The van der Waals surface area contributed by atoms with Crippen LogP contribution in [0.25, 0.3) is 10.6 Å². The van der Waals surface area contributed by atoms with Gasteiger partial charge in [0, 0.05) is 17.0 Å². The minimum Gasteiger partial charge on any atom is -0.461 e. The summed E-state index contributed by atoms with van der Waals surface area (Å²) in [6.45, 7) is 3.31. The van der Waals surface area contributed by atoms with E-state index in [1.807, 2.05) is 6.07 Å². The number of ketones is 1. The van der Waals surface area contributed by atoms with Gasteiger partial charge in [-0.3, -0.25) is 4.79 Å². The second kappa shape index (κ2) is 6.68. The van der Waals surface area contributed by atoms with Gasteiger partial charge in [-0.05, 0) is 25.1 Å². The van der Waals surface area contributed by atoms with Crippen LogP contribution < -0.4 is 0 Å². The molecule has 0 atom stereocenters. The Morgan fingerprint density at radius 3 is 2.71 bits per heavy atom. The van der Waals surface area contributed by atoms with Crippen LogP contribution in [0.3, 0.4) is 0 Å². The van der Waals surface area contributed by atoms with Crippen LogP contribution >= 0.6 is 38.9 Å². The zero-order chi connectivity index (χ0) is 15.6. The van der Waals surface area contributed by atoms with Gasteiger partial charge in [0.15, 0.2) is 11.5 Å². The van der Waals surface area contributed by atoms with Crippen LogP contribution in [0.2, 0.25) is 5.02 Å². The maximum Gasteiger partial charge on any atom is 0.358 e. The van der Waals surface area contributed by atoms with Gasteiger partial charge >= 0.3 is 5.97 Å². The number of Topliss-reactive ketones (excluding diaryl/α,β-unsaturated/α-hetero) is 1. The first kappa shape index (κ1) is 16.1. The third-order valence-electron chi connectivity index (χ3n) is 2.58. The average Bonchev–Trinajstić information content (AvgIpc) is 2.84. The second-order valence-electron chi connectivity index (χ2n) is 4.10. The van der Waals surface area contributed by atoms with Crippen LogP contribution in [0.1, 0.15) is 34.0 Å². The number of thiazole rings is 1. The predicted octanol–water partition coefficient (Wildman–Crippen LogP) is 4.61. The molecule has 2 rings (SSSR count). The van der Waals surface area contributed by atoms with E-state index in [2.05, 4.69) is 20.9 Å². The Hall–Kier alpha value is -1.24. The number of rotatable bonds is 4. The molecule has 1 aromatic carbocycles. The van der Waals surface area contributed by atoms with Crippen molar-refractivity contribution in [3.05, 3.63) is 38.3 Å². The summed E-state index contributed by atoms with van der Waals surface area (Å²) >= 11 is 10.6. The molecule has 7 heteroatoms. The summed E-state index contributed by atoms with van der Waals surface area (Å²) < 4.78 is 5.77. The molecular weight excluding hydrogens is 378 g/mol. The Labute approximate surface area is 139 Å². The summed E-state index contributed by atoms with van der Waals surface area (Å²) in [6, 6.07) is 5.33. The van der Waals surface area contributed by atoms with Gasteiger partial charge in [0.25, 0.3) is 0 Å². The Morgan fingerprint density at radius 1 is 1.43 bits per heavy atom. The van der Waals surface area contributed by atoms with Crippen molar-refractivity contribution in [3.63, 3.8) is 0 Å². The number of carbonyl (C=O) groups is 2. The van der Waals surface area contributed by atoms with Crippen molar-refractivity contribution < 1.29 is 14.3 Å². The Bertz CT molecular complexity index is 714. The van der Waals surface area contributed by atoms with E-state index in [1.165, 1.54) is 6.92 Å². The number of aromatic nitrogens is 1. The number of carbonyl (C=O) groups excluding carboxylic acids is 2. The Balaban J connectivity index is 2.53. The first-order valence-corrected chi connectivity index (χ1v) is 8.07. The Morgan fingerprint density at radius 2 is 2.14 bits per heavy atom. The highest BCUT2D eigenvalue weighted by molar-refractivity contribution is 9.10. The lowest BCUT2D eigenvalue weighted by atomic mass is 10.2. The van der Waals surface area contributed by atoms with Crippen LogP contribution in [0, 0.1) is 0 Å². The second-order valence-corrected chi connectivity index (χ2v) is 6.42. The minimum atomic E-state index is -0.599. The normalized spacial score (nSPS) is 10.5. The van der Waals surface area contributed by atoms with Crippen molar-refractivity contribution in [3.8, 4) is 10.6 Å². The summed E-state index contributed by atoms with van der Waals surface area (Å²) in [6.07, 6.45) is 0. The fourth-order valence-electron chi connectivity index (χ4n) is 1.67. The van der Waals surface area contributed by atoms with Crippen LogP contribution in [0.5, 0.6) is 0 Å². The maximum atomic E-state index is 11.9. The van der Waals surface area contributed by atoms with Crippen molar-refractivity contribution in [2.75, 3.05) is 6.61 Å². The predicted molar refractivity (Wildman–Crippen MR) is 86.2 cm³/mol. The van der Waals surface area contributed by atoms with Gasteiger partial charge in [-0.15, -0.1) is 11.3 Å². The van der Waals surface area contributed by atoms with Crippen molar-refractivity contribution >= 4 is 50.6 Å². The van der Waals surface area contributed by atoms with E-state index >= 15 is 0 Å².